The molecule has 82 valence electrons. The zero-order valence-corrected chi connectivity index (χ0v) is 9.04. The van der Waals surface area contributed by atoms with Crippen LogP contribution in [-0.4, -0.2) is 30.3 Å². The Bertz CT molecular complexity index is 228. The molecule has 0 aromatic rings. The maximum atomic E-state index is 10.9. The summed E-state index contributed by atoms with van der Waals surface area (Å²) in [7, 11) is 0. The fraction of sp³-hybridized carbons (Fsp3) is 0.900. The Morgan fingerprint density at radius 2 is 2.14 bits per heavy atom. The minimum Gasteiger partial charge on any atom is -0.480 e. The molecule has 1 heterocycles. The summed E-state index contributed by atoms with van der Waals surface area (Å²) in [5.74, 6) is -0.935. The van der Waals surface area contributed by atoms with Gasteiger partial charge in [-0.15, -0.1) is 0 Å². The molecule has 1 rings (SSSR count). The number of nitrogens with two attached hydrogens (primary N) is 1. The molecule has 4 heteroatoms. The van der Waals surface area contributed by atoms with Crippen LogP contribution in [0.2, 0.25) is 0 Å². The fourth-order valence-electron chi connectivity index (χ4n) is 2.02. The first-order valence-corrected chi connectivity index (χ1v) is 4.93. The second kappa shape index (κ2) is 3.51. The van der Waals surface area contributed by atoms with Crippen LogP contribution in [0, 0.1) is 10.8 Å². The van der Waals surface area contributed by atoms with E-state index in [9.17, 15) is 4.79 Å². The second-order valence-corrected chi connectivity index (χ2v) is 4.66. The number of aliphatic carboxylic acids is 1. The van der Waals surface area contributed by atoms with Crippen molar-refractivity contribution in [1.29, 1.82) is 0 Å². The first-order valence-electron chi connectivity index (χ1n) is 4.93. The van der Waals surface area contributed by atoms with Gasteiger partial charge in [0.05, 0.1) is 13.2 Å². The van der Waals surface area contributed by atoms with E-state index in [1.165, 1.54) is 0 Å². The van der Waals surface area contributed by atoms with Crippen LogP contribution in [-0.2, 0) is 9.53 Å². The molecular weight excluding hydrogens is 182 g/mol. The summed E-state index contributed by atoms with van der Waals surface area (Å²) in [5.41, 5.74) is 5.22. The number of rotatable bonds is 4. The van der Waals surface area contributed by atoms with Crippen molar-refractivity contribution in [2.75, 3.05) is 13.2 Å². The Labute approximate surface area is 84.4 Å². The number of hydrogen-bond donors (Lipinski definition) is 2. The van der Waals surface area contributed by atoms with Gasteiger partial charge >= 0.3 is 5.97 Å². The van der Waals surface area contributed by atoms with E-state index in [1.807, 2.05) is 13.8 Å². The number of carbonyl (C=O) groups is 1. The van der Waals surface area contributed by atoms with Gasteiger partial charge in [-0.05, 0) is 6.42 Å². The first-order chi connectivity index (χ1) is 6.37. The minimum absolute atomic E-state index is 0.0647. The lowest BCUT2D eigenvalue weighted by Crippen LogP contribution is -2.61. The molecule has 0 aromatic carbocycles. The predicted molar refractivity (Wildman–Crippen MR) is 52.9 cm³/mol. The van der Waals surface area contributed by atoms with Gasteiger partial charge in [-0.1, -0.05) is 20.8 Å². The second-order valence-electron chi connectivity index (χ2n) is 4.66. The van der Waals surface area contributed by atoms with E-state index >= 15 is 0 Å². The maximum absolute atomic E-state index is 10.9. The zero-order valence-electron chi connectivity index (χ0n) is 9.04. The summed E-state index contributed by atoms with van der Waals surface area (Å²) in [6.45, 7) is 7.13. The fourth-order valence-corrected chi connectivity index (χ4v) is 2.02. The third-order valence-electron chi connectivity index (χ3n) is 3.84. The highest BCUT2D eigenvalue weighted by Gasteiger charge is 2.54. The molecule has 14 heavy (non-hydrogen) atoms. The highest BCUT2D eigenvalue weighted by atomic mass is 16.5. The minimum atomic E-state index is -0.935. The molecule has 0 amide bonds. The maximum Gasteiger partial charge on any atom is 0.321 e. The van der Waals surface area contributed by atoms with Crippen molar-refractivity contribution < 1.29 is 14.6 Å². The first kappa shape index (κ1) is 11.5. The molecule has 1 aliphatic rings. The van der Waals surface area contributed by atoms with Crippen LogP contribution in [0.25, 0.3) is 0 Å². The van der Waals surface area contributed by atoms with Gasteiger partial charge in [-0.3, -0.25) is 4.79 Å². The molecule has 1 aliphatic heterocycles. The van der Waals surface area contributed by atoms with E-state index in [0.29, 0.717) is 13.2 Å². The Kier molecular flexibility index (Phi) is 2.88. The van der Waals surface area contributed by atoms with Gasteiger partial charge in [0.2, 0.25) is 0 Å². The van der Waals surface area contributed by atoms with Gasteiger partial charge in [-0.25, -0.2) is 0 Å². The van der Waals surface area contributed by atoms with E-state index in [1.54, 1.807) is 0 Å². The number of hydrogen-bond acceptors (Lipinski definition) is 3. The van der Waals surface area contributed by atoms with Gasteiger partial charge in [0.1, 0.15) is 6.04 Å². The van der Waals surface area contributed by atoms with Gasteiger partial charge in [0.15, 0.2) is 0 Å². The largest absolute Gasteiger partial charge is 0.480 e. The summed E-state index contributed by atoms with van der Waals surface area (Å²) < 4.78 is 5.20. The van der Waals surface area contributed by atoms with Crippen molar-refractivity contribution in [2.24, 2.45) is 16.6 Å². The molecule has 1 fully saturated rings. The van der Waals surface area contributed by atoms with Crippen molar-refractivity contribution in [3.05, 3.63) is 0 Å². The molecule has 0 radical (unpaired) electrons. The lowest BCUT2D eigenvalue weighted by Gasteiger charge is -2.53. The van der Waals surface area contributed by atoms with E-state index in [-0.39, 0.29) is 5.41 Å². The molecule has 1 atom stereocenters. The molecular formula is C10H19NO3. The van der Waals surface area contributed by atoms with Crippen LogP contribution in [0.1, 0.15) is 27.2 Å². The summed E-state index contributed by atoms with van der Waals surface area (Å²) in [6.07, 6.45) is 0.904. The summed E-state index contributed by atoms with van der Waals surface area (Å²) >= 11 is 0. The molecule has 0 spiro atoms. The van der Waals surface area contributed by atoms with Gasteiger partial charge in [0, 0.05) is 10.8 Å². The van der Waals surface area contributed by atoms with Crippen LogP contribution in [0.4, 0.5) is 0 Å². The standard InChI is InChI=1S/C10H19NO3/c1-4-10(5-14-6-10)9(2,3)7(11)8(12)13/h7H,4-6,11H2,1-3H3,(H,12,13). The summed E-state index contributed by atoms with van der Waals surface area (Å²) in [6, 6.07) is -0.827. The van der Waals surface area contributed by atoms with Crippen molar-refractivity contribution in [1.82, 2.24) is 0 Å². The number of carboxylic acids is 1. The van der Waals surface area contributed by atoms with E-state index in [2.05, 4.69) is 6.92 Å². The molecule has 0 aromatic heterocycles. The van der Waals surface area contributed by atoms with Gasteiger partial charge in [0.25, 0.3) is 0 Å². The number of carboxylic acid groups (broad SMARTS) is 1. The average Bonchev–Trinajstić information content (AvgIpc) is 2.01. The van der Waals surface area contributed by atoms with Crippen LogP contribution < -0.4 is 5.73 Å². The Hall–Kier alpha value is -0.610. The third kappa shape index (κ3) is 1.42. The Morgan fingerprint density at radius 1 is 1.64 bits per heavy atom. The lowest BCUT2D eigenvalue weighted by molar-refractivity contribution is -0.189. The van der Waals surface area contributed by atoms with Crippen molar-refractivity contribution in [2.45, 2.75) is 33.2 Å². The van der Waals surface area contributed by atoms with Crippen LogP contribution in [0.5, 0.6) is 0 Å². The quantitative estimate of drug-likeness (QED) is 0.707. The van der Waals surface area contributed by atoms with E-state index in [0.717, 1.165) is 6.42 Å². The zero-order chi connectivity index (χ0) is 11.0. The molecule has 1 saturated heterocycles. The van der Waals surface area contributed by atoms with Crippen molar-refractivity contribution >= 4 is 5.97 Å². The average molecular weight is 201 g/mol. The number of ether oxygens (including phenoxy) is 1. The monoisotopic (exact) mass is 201 g/mol. The summed E-state index contributed by atoms with van der Waals surface area (Å²) in [5, 5.41) is 8.93. The lowest BCUT2D eigenvalue weighted by atomic mass is 9.59. The topological polar surface area (TPSA) is 72.6 Å². The summed E-state index contributed by atoms with van der Waals surface area (Å²) in [4.78, 5) is 10.9. The highest BCUT2D eigenvalue weighted by Crippen LogP contribution is 2.49. The van der Waals surface area contributed by atoms with Crippen LogP contribution >= 0.6 is 0 Å². The molecule has 0 aliphatic carbocycles. The van der Waals surface area contributed by atoms with Gasteiger partial charge < -0.3 is 15.6 Å². The Balaban J connectivity index is 2.87. The van der Waals surface area contributed by atoms with Crippen molar-refractivity contribution in [3.8, 4) is 0 Å². The predicted octanol–water partition coefficient (Wildman–Crippen LogP) is 0.851. The highest BCUT2D eigenvalue weighted by molar-refractivity contribution is 5.74. The SMILES string of the molecule is CCC1(C(C)(C)C(N)C(=O)O)COC1. The smallest absolute Gasteiger partial charge is 0.321 e. The van der Waals surface area contributed by atoms with Crippen LogP contribution in [0.3, 0.4) is 0 Å². The molecule has 0 bridgehead atoms. The molecule has 4 nitrogen and oxygen atoms in total. The molecule has 1 unspecified atom stereocenters. The van der Waals surface area contributed by atoms with Gasteiger partial charge in [-0.2, -0.15) is 0 Å². The normalized spacial score (nSPS) is 22.6. The van der Waals surface area contributed by atoms with E-state index < -0.39 is 17.4 Å². The Morgan fingerprint density at radius 3 is 2.36 bits per heavy atom. The van der Waals surface area contributed by atoms with Crippen LogP contribution in [0.15, 0.2) is 0 Å². The molecule has 3 N–H and O–H groups in total. The third-order valence-corrected chi connectivity index (χ3v) is 3.84. The molecule has 0 saturated carbocycles. The van der Waals surface area contributed by atoms with E-state index in [4.69, 9.17) is 15.6 Å². The van der Waals surface area contributed by atoms with Crippen molar-refractivity contribution in [3.63, 3.8) is 0 Å².